The van der Waals surface area contributed by atoms with Gasteiger partial charge in [0.15, 0.2) is 0 Å². The number of aryl methyl sites for hydroxylation is 1. The molecule has 7 nitrogen and oxygen atoms in total. The summed E-state index contributed by atoms with van der Waals surface area (Å²) < 4.78 is 21.9. The molecule has 0 N–H and O–H groups in total. The molecule has 1 amide bonds. The topological polar surface area (TPSA) is 53.8 Å². The van der Waals surface area contributed by atoms with E-state index in [1.807, 2.05) is 52.9 Å². The molecule has 1 fully saturated rings. The predicted octanol–water partition coefficient (Wildman–Crippen LogP) is 4.81. The molecule has 4 rings (SSSR count). The second-order valence-electron chi connectivity index (χ2n) is 9.96. The molecule has 1 aliphatic heterocycles. The van der Waals surface area contributed by atoms with Crippen molar-refractivity contribution in [2.75, 3.05) is 44.2 Å². The Morgan fingerprint density at radius 3 is 2.47 bits per heavy atom. The highest BCUT2D eigenvalue weighted by atomic mass is 19.1. The Kier molecular flexibility index (Phi) is 9.53. The molecular weight excluding hydrogens is 481 g/mol. The number of carbonyl (C=O) groups excluding carboxylic acids is 1. The lowest BCUT2D eigenvalue weighted by atomic mass is 10.1. The minimum atomic E-state index is -0.300. The van der Waals surface area contributed by atoms with Crippen LogP contribution in [0.4, 0.5) is 10.2 Å². The number of aromatic nitrogens is 2. The van der Waals surface area contributed by atoms with Gasteiger partial charge < -0.3 is 19.4 Å². The van der Waals surface area contributed by atoms with Gasteiger partial charge in [0, 0.05) is 37.8 Å². The van der Waals surface area contributed by atoms with E-state index in [4.69, 9.17) is 9.84 Å². The fourth-order valence-corrected chi connectivity index (χ4v) is 4.91. The van der Waals surface area contributed by atoms with Crippen LogP contribution in [0.25, 0.3) is 5.69 Å². The summed E-state index contributed by atoms with van der Waals surface area (Å²) in [4.78, 5) is 20.1. The van der Waals surface area contributed by atoms with Gasteiger partial charge in [-0.25, -0.2) is 9.07 Å². The minimum absolute atomic E-state index is 0.0147. The van der Waals surface area contributed by atoms with Gasteiger partial charge in [-0.3, -0.25) is 4.79 Å². The van der Waals surface area contributed by atoms with E-state index in [-0.39, 0.29) is 24.4 Å². The lowest BCUT2D eigenvalue weighted by Crippen LogP contribution is -2.47. The van der Waals surface area contributed by atoms with Gasteiger partial charge >= 0.3 is 0 Å². The van der Waals surface area contributed by atoms with Gasteiger partial charge in [-0.1, -0.05) is 50.2 Å². The normalized spacial score (nSPS) is 15.0. The summed E-state index contributed by atoms with van der Waals surface area (Å²) in [5.74, 6) is 0.594. The Morgan fingerprint density at radius 1 is 1.08 bits per heavy atom. The molecule has 0 radical (unpaired) electrons. The van der Waals surface area contributed by atoms with Crippen molar-refractivity contribution < 1.29 is 13.9 Å². The Bertz CT molecular complexity index is 1190. The van der Waals surface area contributed by atoms with Crippen LogP contribution >= 0.6 is 0 Å². The molecule has 0 spiro atoms. The van der Waals surface area contributed by atoms with E-state index in [9.17, 15) is 9.18 Å². The van der Waals surface area contributed by atoms with Crippen molar-refractivity contribution in [3.05, 3.63) is 77.2 Å². The van der Waals surface area contributed by atoms with Crippen molar-refractivity contribution in [1.82, 2.24) is 19.6 Å². The molecule has 2 heterocycles. The molecule has 3 aromatic rings. The summed E-state index contributed by atoms with van der Waals surface area (Å²) in [5.41, 5.74) is 3.56. The molecule has 0 aliphatic carbocycles. The van der Waals surface area contributed by atoms with Crippen LogP contribution in [0.1, 0.15) is 44.0 Å². The third-order valence-corrected chi connectivity index (χ3v) is 7.44. The highest BCUT2D eigenvalue weighted by molar-refractivity contribution is 5.78. The fourth-order valence-electron chi connectivity index (χ4n) is 4.91. The number of carbonyl (C=O) groups is 1. The monoisotopic (exact) mass is 521 g/mol. The van der Waals surface area contributed by atoms with Crippen LogP contribution in [0, 0.1) is 12.7 Å². The number of hydrogen-bond acceptors (Lipinski definition) is 5. The van der Waals surface area contributed by atoms with Crippen molar-refractivity contribution in [1.29, 1.82) is 0 Å². The molecule has 1 atom stereocenters. The number of likely N-dealkylation sites (N-methyl/N-ethyl adjacent to an activating group) is 1. The highest BCUT2D eigenvalue weighted by Gasteiger charge is 2.29. The van der Waals surface area contributed by atoms with Crippen LogP contribution in [-0.2, 0) is 22.7 Å². The molecule has 2 aromatic carbocycles. The van der Waals surface area contributed by atoms with Crippen molar-refractivity contribution in [3.63, 3.8) is 0 Å². The largest absolute Gasteiger partial charge is 0.367 e. The molecule has 0 saturated carbocycles. The molecule has 8 heteroatoms. The first-order valence-corrected chi connectivity index (χ1v) is 13.6. The number of halogens is 1. The highest BCUT2D eigenvalue weighted by Crippen LogP contribution is 2.30. The predicted molar refractivity (Wildman–Crippen MR) is 149 cm³/mol. The first-order chi connectivity index (χ1) is 18.4. The fraction of sp³-hybridized carbons (Fsp3) is 0.467. The maximum Gasteiger partial charge on any atom is 0.249 e. The zero-order chi connectivity index (χ0) is 27.1. The summed E-state index contributed by atoms with van der Waals surface area (Å²) >= 11 is 0. The number of amides is 1. The SMILES string of the molecule is CC[C@H](C)N(Cc1c(C)nn(-c2cccc(F)c2)c1N1CCN(CC)CC1)C(=O)COCc1ccccc1. The Hall–Kier alpha value is -3.23. The van der Waals surface area contributed by atoms with Crippen LogP contribution in [0.15, 0.2) is 54.6 Å². The third-order valence-electron chi connectivity index (χ3n) is 7.44. The van der Waals surface area contributed by atoms with Crippen molar-refractivity contribution in [3.8, 4) is 5.69 Å². The summed E-state index contributed by atoms with van der Waals surface area (Å²) in [6, 6.07) is 16.4. The molecule has 204 valence electrons. The molecule has 1 aliphatic rings. The number of benzene rings is 2. The van der Waals surface area contributed by atoms with Crippen LogP contribution in [-0.4, -0.2) is 70.9 Å². The van der Waals surface area contributed by atoms with Crippen LogP contribution in [0.2, 0.25) is 0 Å². The summed E-state index contributed by atoms with van der Waals surface area (Å²) in [6.45, 7) is 13.7. The second kappa shape index (κ2) is 13.0. The summed E-state index contributed by atoms with van der Waals surface area (Å²) in [5, 5.41) is 4.86. The number of piperazine rings is 1. The smallest absolute Gasteiger partial charge is 0.249 e. The maximum absolute atomic E-state index is 14.2. The van der Waals surface area contributed by atoms with E-state index >= 15 is 0 Å². The molecule has 0 bridgehead atoms. The van der Waals surface area contributed by atoms with Gasteiger partial charge in [-0.2, -0.15) is 5.10 Å². The van der Waals surface area contributed by atoms with Crippen LogP contribution in [0.5, 0.6) is 0 Å². The Morgan fingerprint density at radius 2 is 1.82 bits per heavy atom. The van der Waals surface area contributed by atoms with Gasteiger partial charge in [0.1, 0.15) is 18.2 Å². The zero-order valence-corrected chi connectivity index (χ0v) is 23.1. The number of rotatable bonds is 11. The molecule has 0 unspecified atom stereocenters. The summed E-state index contributed by atoms with van der Waals surface area (Å²) in [7, 11) is 0. The quantitative estimate of drug-likeness (QED) is 0.363. The number of ether oxygens (including phenoxy) is 1. The van der Waals surface area contributed by atoms with E-state index in [1.54, 1.807) is 6.07 Å². The van der Waals surface area contributed by atoms with E-state index in [1.165, 1.54) is 12.1 Å². The first kappa shape index (κ1) is 27.8. The van der Waals surface area contributed by atoms with Crippen molar-refractivity contribution >= 4 is 11.7 Å². The lowest BCUT2D eigenvalue weighted by molar-refractivity contribution is -0.139. The standard InChI is InChI=1S/C30H40FN5O2/c1-5-23(3)35(29(37)22-38-21-25-11-8-7-9-12-25)20-28-24(4)32-36(27-14-10-13-26(31)19-27)30(28)34-17-15-33(6-2)16-18-34/h7-14,19,23H,5-6,15-18,20-22H2,1-4H3/t23-/m0/s1. The number of hydrogen-bond donors (Lipinski definition) is 0. The van der Waals surface area contributed by atoms with E-state index in [0.29, 0.717) is 18.8 Å². The molecule has 38 heavy (non-hydrogen) atoms. The van der Waals surface area contributed by atoms with E-state index in [2.05, 4.69) is 30.6 Å². The average Bonchev–Trinajstić information content (AvgIpc) is 3.27. The molecular formula is C30H40FN5O2. The van der Waals surface area contributed by atoms with Gasteiger partial charge in [0.05, 0.1) is 24.5 Å². The van der Waals surface area contributed by atoms with Gasteiger partial charge in [0.2, 0.25) is 5.91 Å². The number of nitrogens with zero attached hydrogens (tertiary/aromatic N) is 5. The van der Waals surface area contributed by atoms with Gasteiger partial charge in [-0.15, -0.1) is 0 Å². The first-order valence-electron chi connectivity index (χ1n) is 13.6. The second-order valence-corrected chi connectivity index (χ2v) is 9.96. The average molecular weight is 522 g/mol. The van der Waals surface area contributed by atoms with Crippen molar-refractivity contribution in [2.24, 2.45) is 0 Å². The lowest BCUT2D eigenvalue weighted by Gasteiger charge is -2.37. The van der Waals surface area contributed by atoms with Gasteiger partial charge in [-0.05, 0) is 50.6 Å². The van der Waals surface area contributed by atoms with Crippen LogP contribution < -0.4 is 4.90 Å². The molecule has 1 aromatic heterocycles. The third kappa shape index (κ3) is 6.60. The Balaban J connectivity index is 1.62. The Labute approximate surface area is 225 Å². The summed E-state index contributed by atoms with van der Waals surface area (Å²) in [6.07, 6.45) is 0.825. The minimum Gasteiger partial charge on any atom is -0.367 e. The zero-order valence-electron chi connectivity index (χ0n) is 23.1. The van der Waals surface area contributed by atoms with Crippen LogP contribution in [0.3, 0.4) is 0 Å². The number of anilines is 1. The molecule has 1 saturated heterocycles. The maximum atomic E-state index is 14.2. The van der Waals surface area contributed by atoms with E-state index < -0.39 is 0 Å². The van der Waals surface area contributed by atoms with Crippen molar-refractivity contribution in [2.45, 2.75) is 53.3 Å². The van der Waals surface area contributed by atoms with Gasteiger partial charge in [0.25, 0.3) is 0 Å². The van der Waals surface area contributed by atoms with E-state index in [0.717, 1.165) is 61.8 Å².